The molecule has 112 valence electrons. The molecule has 0 saturated heterocycles. The molecule has 1 atom stereocenters. The van der Waals surface area contributed by atoms with E-state index in [0.29, 0.717) is 10.6 Å². The molecular formula is C16H20N2O2S. The quantitative estimate of drug-likeness (QED) is 0.883. The van der Waals surface area contributed by atoms with Crippen LogP contribution >= 0.6 is 0 Å². The summed E-state index contributed by atoms with van der Waals surface area (Å²) in [5.41, 5.74) is 8.18. The lowest BCUT2D eigenvalue weighted by atomic mass is 10.1. The molecule has 1 unspecified atom stereocenters. The minimum absolute atomic E-state index is 0.293. The lowest BCUT2D eigenvalue weighted by molar-refractivity contribution is 0.398. The highest BCUT2D eigenvalue weighted by molar-refractivity contribution is 7.89. The lowest BCUT2D eigenvalue weighted by Crippen LogP contribution is -2.29. The van der Waals surface area contributed by atoms with Crippen LogP contribution in [0.15, 0.2) is 53.4 Å². The molecule has 4 nitrogen and oxygen atoms in total. The molecule has 0 aliphatic carbocycles. The molecule has 0 fully saturated rings. The summed E-state index contributed by atoms with van der Waals surface area (Å²) in [4.78, 5) is 0.306. The fourth-order valence-corrected chi connectivity index (χ4v) is 3.63. The fourth-order valence-electron chi connectivity index (χ4n) is 2.18. The summed E-state index contributed by atoms with van der Waals surface area (Å²) in [6.07, 6.45) is 0. The standard InChI is InChI=1S/C16H20N2O2S/c1-12-6-4-9-16(10-12)21(19,20)18(3)13(2)14-7-5-8-15(17)11-14/h4-11,13H,17H2,1-3H3. The van der Waals surface area contributed by atoms with Gasteiger partial charge in [-0.3, -0.25) is 0 Å². The molecule has 2 rings (SSSR count). The second-order valence-electron chi connectivity index (χ2n) is 5.18. The zero-order chi connectivity index (χ0) is 15.6. The Balaban J connectivity index is 2.36. The van der Waals surface area contributed by atoms with Gasteiger partial charge in [0.15, 0.2) is 0 Å². The number of sulfonamides is 1. The average molecular weight is 304 g/mol. The number of hydrogen-bond donors (Lipinski definition) is 1. The number of anilines is 1. The predicted molar refractivity (Wildman–Crippen MR) is 85.4 cm³/mol. The van der Waals surface area contributed by atoms with Gasteiger partial charge >= 0.3 is 0 Å². The molecule has 0 bridgehead atoms. The molecule has 5 heteroatoms. The topological polar surface area (TPSA) is 63.4 Å². The van der Waals surface area contributed by atoms with E-state index >= 15 is 0 Å². The first kappa shape index (κ1) is 15.5. The van der Waals surface area contributed by atoms with Crippen molar-refractivity contribution in [1.82, 2.24) is 4.31 Å². The molecule has 0 aliphatic heterocycles. The number of nitrogens with two attached hydrogens (primary N) is 1. The van der Waals surface area contributed by atoms with Gasteiger partial charge in [0.2, 0.25) is 10.0 Å². The Morgan fingerprint density at radius 3 is 2.38 bits per heavy atom. The normalized spacial score (nSPS) is 13.3. The molecule has 0 saturated carbocycles. The second kappa shape index (κ2) is 5.87. The van der Waals surface area contributed by atoms with Gasteiger partial charge in [-0.15, -0.1) is 0 Å². The van der Waals surface area contributed by atoms with Gasteiger partial charge in [-0.1, -0.05) is 24.3 Å². The molecule has 2 aromatic rings. The molecular weight excluding hydrogens is 284 g/mol. The number of nitrogens with zero attached hydrogens (tertiary/aromatic N) is 1. The zero-order valence-corrected chi connectivity index (χ0v) is 13.3. The Hall–Kier alpha value is -1.85. The van der Waals surface area contributed by atoms with E-state index in [-0.39, 0.29) is 6.04 Å². The lowest BCUT2D eigenvalue weighted by Gasteiger charge is -2.25. The van der Waals surface area contributed by atoms with E-state index in [2.05, 4.69) is 0 Å². The summed E-state index contributed by atoms with van der Waals surface area (Å²) < 4.78 is 26.7. The summed E-state index contributed by atoms with van der Waals surface area (Å²) in [6, 6.07) is 13.9. The first-order chi connectivity index (χ1) is 9.82. The number of hydrogen-bond acceptors (Lipinski definition) is 3. The van der Waals surface area contributed by atoms with Crippen LogP contribution in [0.25, 0.3) is 0 Å². The maximum atomic E-state index is 12.7. The van der Waals surface area contributed by atoms with Crippen molar-refractivity contribution >= 4 is 15.7 Å². The van der Waals surface area contributed by atoms with Crippen molar-refractivity contribution in [3.05, 3.63) is 59.7 Å². The van der Waals surface area contributed by atoms with Gasteiger partial charge in [-0.25, -0.2) is 8.42 Å². The highest BCUT2D eigenvalue weighted by Crippen LogP contribution is 2.26. The average Bonchev–Trinajstić information content (AvgIpc) is 2.45. The Bertz CT molecular complexity index is 741. The van der Waals surface area contributed by atoms with Gasteiger partial charge < -0.3 is 5.73 Å². The van der Waals surface area contributed by atoms with Crippen LogP contribution in [-0.2, 0) is 10.0 Å². The molecule has 0 radical (unpaired) electrons. The van der Waals surface area contributed by atoms with Crippen molar-refractivity contribution in [2.45, 2.75) is 24.8 Å². The smallest absolute Gasteiger partial charge is 0.243 e. The Kier molecular flexibility index (Phi) is 4.34. The summed E-state index contributed by atoms with van der Waals surface area (Å²) in [5.74, 6) is 0. The van der Waals surface area contributed by atoms with Crippen LogP contribution in [0.5, 0.6) is 0 Å². The fraction of sp³-hybridized carbons (Fsp3) is 0.250. The van der Waals surface area contributed by atoms with E-state index in [1.165, 1.54) is 4.31 Å². The van der Waals surface area contributed by atoms with Crippen molar-refractivity contribution in [3.8, 4) is 0 Å². The maximum Gasteiger partial charge on any atom is 0.243 e. The minimum Gasteiger partial charge on any atom is -0.399 e. The molecule has 0 heterocycles. The predicted octanol–water partition coefficient (Wildman–Crippen LogP) is 2.96. The molecule has 2 N–H and O–H groups in total. The van der Waals surface area contributed by atoms with Crippen molar-refractivity contribution in [1.29, 1.82) is 0 Å². The summed E-state index contributed by atoms with van der Waals surface area (Å²) >= 11 is 0. The third-order valence-corrected chi connectivity index (χ3v) is 5.53. The van der Waals surface area contributed by atoms with Crippen molar-refractivity contribution in [2.75, 3.05) is 12.8 Å². The van der Waals surface area contributed by atoms with Crippen LogP contribution in [0.1, 0.15) is 24.1 Å². The Labute approximate surface area is 126 Å². The third-order valence-electron chi connectivity index (χ3n) is 3.61. The van der Waals surface area contributed by atoms with Gasteiger partial charge in [-0.2, -0.15) is 4.31 Å². The van der Waals surface area contributed by atoms with Gasteiger partial charge in [0.05, 0.1) is 4.90 Å². The number of aryl methyl sites for hydroxylation is 1. The molecule has 0 aromatic heterocycles. The first-order valence-corrected chi connectivity index (χ1v) is 8.16. The van der Waals surface area contributed by atoms with E-state index in [9.17, 15) is 8.42 Å². The van der Waals surface area contributed by atoms with Crippen molar-refractivity contribution in [3.63, 3.8) is 0 Å². The van der Waals surface area contributed by atoms with Crippen molar-refractivity contribution in [2.24, 2.45) is 0 Å². The van der Waals surface area contributed by atoms with Gasteiger partial charge in [-0.05, 0) is 49.2 Å². The van der Waals surface area contributed by atoms with Crippen LogP contribution in [0.3, 0.4) is 0 Å². The first-order valence-electron chi connectivity index (χ1n) is 6.72. The second-order valence-corrected chi connectivity index (χ2v) is 7.18. The van der Waals surface area contributed by atoms with Crippen LogP contribution in [0.4, 0.5) is 5.69 Å². The number of benzene rings is 2. The van der Waals surface area contributed by atoms with E-state index in [0.717, 1.165) is 11.1 Å². The molecule has 21 heavy (non-hydrogen) atoms. The zero-order valence-electron chi connectivity index (χ0n) is 12.4. The van der Waals surface area contributed by atoms with E-state index < -0.39 is 10.0 Å². The van der Waals surface area contributed by atoms with E-state index in [1.807, 2.05) is 32.0 Å². The molecule has 0 amide bonds. The maximum absolute atomic E-state index is 12.7. The largest absolute Gasteiger partial charge is 0.399 e. The van der Waals surface area contributed by atoms with Gasteiger partial charge in [0.25, 0.3) is 0 Å². The van der Waals surface area contributed by atoms with Crippen LogP contribution in [0, 0.1) is 6.92 Å². The third kappa shape index (κ3) is 3.25. The highest BCUT2D eigenvalue weighted by atomic mass is 32.2. The SMILES string of the molecule is Cc1cccc(S(=O)(=O)N(C)C(C)c2cccc(N)c2)c1. The Morgan fingerprint density at radius 1 is 1.10 bits per heavy atom. The minimum atomic E-state index is -3.53. The molecule has 0 spiro atoms. The van der Waals surface area contributed by atoms with E-state index in [4.69, 9.17) is 5.73 Å². The van der Waals surface area contributed by atoms with Crippen LogP contribution in [0.2, 0.25) is 0 Å². The number of nitrogen functional groups attached to an aromatic ring is 1. The monoisotopic (exact) mass is 304 g/mol. The number of rotatable bonds is 4. The van der Waals surface area contributed by atoms with Crippen LogP contribution < -0.4 is 5.73 Å². The summed E-state index contributed by atoms with van der Waals surface area (Å²) in [7, 11) is -1.94. The summed E-state index contributed by atoms with van der Waals surface area (Å²) in [5, 5.41) is 0. The van der Waals surface area contributed by atoms with Gasteiger partial charge in [0.1, 0.15) is 0 Å². The summed E-state index contributed by atoms with van der Waals surface area (Å²) in [6.45, 7) is 3.72. The highest BCUT2D eigenvalue weighted by Gasteiger charge is 2.26. The van der Waals surface area contributed by atoms with Crippen LogP contribution in [-0.4, -0.2) is 19.8 Å². The van der Waals surface area contributed by atoms with E-state index in [1.54, 1.807) is 37.4 Å². The molecule has 2 aromatic carbocycles. The molecule has 0 aliphatic rings. The Morgan fingerprint density at radius 2 is 1.76 bits per heavy atom. The van der Waals surface area contributed by atoms with Gasteiger partial charge in [0, 0.05) is 18.8 Å². The van der Waals surface area contributed by atoms with Crippen molar-refractivity contribution < 1.29 is 8.42 Å².